The highest BCUT2D eigenvalue weighted by Crippen LogP contribution is 2.26. The molecule has 6 heteroatoms. The summed E-state index contributed by atoms with van der Waals surface area (Å²) in [6, 6.07) is 5.89. The molecule has 0 aliphatic rings. The predicted molar refractivity (Wildman–Crippen MR) is 177 cm³/mol. The highest BCUT2D eigenvalue weighted by atomic mass is 33.1. The highest BCUT2D eigenvalue weighted by Gasteiger charge is 2.23. The average molecular weight is 579 g/mol. The van der Waals surface area contributed by atoms with Crippen molar-refractivity contribution in [3.8, 4) is 0 Å². The van der Waals surface area contributed by atoms with E-state index in [1.165, 1.54) is 126 Å². The van der Waals surface area contributed by atoms with Crippen molar-refractivity contribution in [3.05, 3.63) is 0 Å². The Bertz CT molecular complexity index is 382. The third-order valence-electron chi connectivity index (χ3n) is 7.37. The van der Waals surface area contributed by atoms with Crippen LogP contribution in [0.2, 0.25) is 24.2 Å². The van der Waals surface area contributed by atoms with Gasteiger partial charge in [-0.05, 0) is 38.5 Å². The zero-order valence-electron chi connectivity index (χ0n) is 25.5. The van der Waals surface area contributed by atoms with Crippen molar-refractivity contribution >= 4 is 39.2 Å². The van der Waals surface area contributed by atoms with Gasteiger partial charge in [-0.2, -0.15) is 0 Å². The van der Waals surface area contributed by atoms with E-state index < -0.39 is 17.6 Å². The molecule has 0 heterocycles. The van der Waals surface area contributed by atoms with Crippen molar-refractivity contribution in [3.63, 3.8) is 0 Å². The van der Waals surface area contributed by atoms with E-state index in [0.29, 0.717) is 11.5 Å². The van der Waals surface area contributed by atoms with E-state index >= 15 is 0 Å². The fraction of sp³-hybridized carbons (Fsp3) is 1.00. The van der Waals surface area contributed by atoms with Crippen molar-refractivity contribution < 1.29 is 9.47 Å². The van der Waals surface area contributed by atoms with E-state index in [9.17, 15) is 0 Å². The Balaban J connectivity index is 4.14. The van der Waals surface area contributed by atoms with Crippen LogP contribution in [0.5, 0.6) is 0 Å². The molecule has 0 saturated carbocycles. The van der Waals surface area contributed by atoms with Gasteiger partial charge in [-0.1, -0.05) is 139 Å². The van der Waals surface area contributed by atoms with Crippen LogP contribution in [0.3, 0.4) is 0 Å². The van der Waals surface area contributed by atoms with Gasteiger partial charge in [0.15, 0.2) is 0 Å². The van der Waals surface area contributed by atoms with E-state index in [0.717, 1.165) is 13.2 Å². The second kappa shape index (κ2) is 29.0. The second-order valence-corrected chi connectivity index (χ2v) is 20.4. The summed E-state index contributed by atoms with van der Waals surface area (Å²) in [5, 5.41) is 0. The maximum atomic E-state index is 6.46. The van der Waals surface area contributed by atoms with Gasteiger partial charge in [0, 0.05) is 36.2 Å². The summed E-state index contributed by atoms with van der Waals surface area (Å²) < 4.78 is 12.9. The third-order valence-corrected chi connectivity index (χ3v) is 18.4. The zero-order chi connectivity index (χ0) is 26.7. The maximum Gasteiger partial charge on any atom is 0.0716 e. The van der Waals surface area contributed by atoms with E-state index in [1.54, 1.807) is 0 Å². The van der Waals surface area contributed by atoms with Crippen molar-refractivity contribution in [1.29, 1.82) is 0 Å². The molecule has 0 spiro atoms. The van der Waals surface area contributed by atoms with Gasteiger partial charge in [-0.15, -0.1) is 0 Å². The van der Waals surface area contributed by atoms with Crippen LogP contribution in [0, 0.1) is 0 Å². The zero-order valence-corrected chi connectivity index (χ0v) is 29.4. The van der Waals surface area contributed by atoms with Crippen LogP contribution in [0.1, 0.15) is 131 Å². The van der Waals surface area contributed by atoms with E-state index in [4.69, 9.17) is 9.47 Å². The highest BCUT2D eigenvalue weighted by molar-refractivity contribution is 8.76. The van der Waals surface area contributed by atoms with Crippen LogP contribution in [0.25, 0.3) is 0 Å². The lowest BCUT2D eigenvalue weighted by Gasteiger charge is -2.26. The lowest BCUT2D eigenvalue weighted by molar-refractivity contribution is 0.0915. The van der Waals surface area contributed by atoms with Gasteiger partial charge in [0.25, 0.3) is 0 Å². The summed E-state index contributed by atoms with van der Waals surface area (Å²) >= 11 is 0. The van der Waals surface area contributed by atoms with Crippen LogP contribution in [0.15, 0.2) is 0 Å². The summed E-state index contributed by atoms with van der Waals surface area (Å²) in [6.45, 7) is 16.0. The molecule has 2 unspecified atom stereocenters. The average Bonchev–Trinajstić information content (AvgIpc) is 2.87. The molecule has 0 rings (SSSR count). The van der Waals surface area contributed by atoms with Crippen LogP contribution in [0.4, 0.5) is 0 Å². The molecule has 218 valence electrons. The number of hydrogen-bond donors (Lipinski definition) is 0. The monoisotopic (exact) mass is 578 g/mol. The molecule has 0 amide bonds. The minimum absolute atomic E-state index is 0.634. The molecule has 0 saturated heterocycles. The van der Waals surface area contributed by atoms with Gasteiger partial charge in [-0.25, -0.2) is 0 Å². The molecule has 0 N–H and O–H groups in total. The molecule has 0 aromatic carbocycles. The molecule has 0 aromatic rings. The Hall–Kier alpha value is 1.05. The largest absolute Gasteiger partial charge is 0.382 e. The van der Waals surface area contributed by atoms with Crippen LogP contribution in [-0.4, -0.2) is 53.8 Å². The van der Waals surface area contributed by atoms with E-state index in [-0.39, 0.29) is 0 Å². The fourth-order valence-electron chi connectivity index (χ4n) is 5.31. The fourth-order valence-corrected chi connectivity index (χ4v) is 14.9. The molecule has 0 bridgehead atoms. The Kier molecular flexibility index (Phi) is 29.9. The lowest BCUT2D eigenvalue weighted by Crippen LogP contribution is -2.33. The molecule has 2 nitrogen and oxygen atoms in total. The minimum atomic E-state index is -0.746. The van der Waals surface area contributed by atoms with Gasteiger partial charge < -0.3 is 9.47 Å². The van der Waals surface area contributed by atoms with E-state index in [1.807, 2.05) is 0 Å². The topological polar surface area (TPSA) is 18.5 Å². The van der Waals surface area contributed by atoms with E-state index in [2.05, 4.69) is 63.1 Å². The molecule has 2 atom stereocenters. The van der Waals surface area contributed by atoms with Crippen molar-refractivity contribution in [2.75, 3.05) is 24.7 Å². The Labute approximate surface area is 239 Å². The molecular formula is C30H66O2S2Si2. The van der Waals surface area contributed by atoms with Crippen LogP contribution >= 0.6 is 21.6 Å². The van der Waals surface area contributed by atoms with Gasteiger partial charge >= 0.3 is 0 Å². The minimum Gasteiger partial charge on any atom is -0.382 e. The molecule has 0 fully saturated rings. The first-order valence-corrected chi connectivity index (χ1v) is 23.2. The SMILES string of the molecule is CCCCOC(CCCCSSCCCCC(OCCCC)[SiH](CCC)CCC)[SiH](CCC)CCC. The Morgan fingerprint density at radius 3 is 1.14 bits per heavy atom. The molecule has 36 heavy (non-hydrogen) atoms. The summed E-state index contributed by atoms with van der Waals surface area (Å²) in [7, 11) is 2.74. The third kappa shape index (κ3) is 20.9. The molecule has 0 aromatic heterocycles. The summed E-state index contributed by atoms with van der Waals surface area (Å²) in [5.74, 6) is 2.62. The summed E-state index contributed by atoms with van der Waals surface area (Å²) in [4.78, 5) is 0. The van der Waals surface area contributed by atoms with Crippen molar-refractivity contribution in [1.82, 2.24) is 0 Å². The number of unbranched alkanes of at least 4 members (excludes halogenated alkanes) is 4. The first kappa shape index (κ1) is 37.1. The molecule has 0 radical (unpaired) electrons. The quantitative estimate of drug-likeness (QED) is 0.0499. The standard InChI is InChI=1S/C30H66O2S2Si2/c1-7-13-21-31-29(35(25-9-3)26-10-4)19-15-17-23-33-34-24-18-16-20-30(32-22-14-8-2)36(27-11-5)28-12-6/h29-30,35-36H,7-28H2,1-6H3. The number of ether oxygens (including phenoxy) is 2. The lowest BCUT2D eigenvalue weighted by atomic mass is 10.2. The maximum absolute atomic E-state index is 6.46. The van der Waals surface area contributed by atoms with Gasteiger partial charge in [0.1, 0.15) is 0 Å². The number of rotatable bonds is 29. The van der Waals surface area contributed by atoms with Crippen LogP contribution in [-0.2, 0) is 9.47 Å². The van der Waals surface area contributed by atoms with Gasteiger partial charge in [0.2, 0.25) is 0 Å². The Morgan fingerprint density at radius 2 is 0.833 bits per heavy atom. The number of hydrogen-bond acceptors (Lipinski definition) is 4. The molecule has 0 aliphatic carbocycles. The molecular weight excluding hydrogens is 513 g/mol. The van der Waals surface area contributed by atoms with Crippen LogP contribution < -0.4 is 0 Å². The smallest absolute Gasteiger partial charge is 0.0716 e. The summed E-state index contributed by atoms with van der Waals surface area (Å²) in [6.07, 6.45) is 18.5. The first-order chi connectivity index (χ1) is 17.7. The summed E-state index contributed by atoms with van der Waals surface area (Å²) in [5.41, 5.74) is 1.27. The first-order valence-electron chi connectivity index (χ1n) is 16.2. The van der Waals surface area contributed by atoms with Crippen molar-refractivity contribution in [2.24, 2.45) is 0 Å². The normalized spacial score (nSPS) is 13.7. The molecule has 0 aliphatic heterocycles. The predicted octanol–water partition coefficient (Wildman–Crippen LogP) is 10.3. The van der Waals surface area contributed by atoms with Gasteiger partial charge in [0.05, 0.1) is 17.6 Å². The Morgan fingerprint density at radius 1 is 0.472 bits per heavy atom. The second-order valence-electron chi connectivity index (χ2n) is 10.8. The van der Waals surface area contributed by atoms with Crippen molar-refractivity contribution in [2.45, 2.75) is 167 Å². The van der Waals surface area contributed by atoms with Gasteiger partial charge in [-0.3, -0.25) is 0 Å².